The first-order valence-electron chi connectivity index (χ1n) is 6.68. The average molecular weight is 297 g/mol. The molecule has 0 bridgehead atoms. The van der Waals surface area contributed by atoms with Crippen LogP contribution in [0, 0.1) is 23.0 Å². The van der Waals surface area contributed by atoms with Gasteiger partial charge < -0.3 is 10.4 Å². The Balaban J connectivity index is 1.92. The van der Waals surface area contributed by atoms with Crippen molar-refractivity contribution in [3.8, 4) is 0 Å². The molecule has 0 aliphatic heterocycles. The van der Waals surface area contributed by atoms with Crippen LogP contribution in [0.15, 0.2) is 18.2 Å². The number of carbonyl (C=O) groups excluding carboxylic acids is 1. The first-order chi connectivity index (χ1) is 9.72. The van der Waals surface area contributed by atoms with E-state index in [9.17, 15) is 18.4 Å². The highest BCUT2D eigenvalue weighted by molar-refractivity contribution is 5.83. The third-order valence-electron chi connectivity index (χ3n) is 3.78. The summed E-state index contributed by atoms with van der Waals surface area (Å²) in [6.07, 6.45) is 0.560. The Labute approximate surface area is 121 Å². The SMILES string of the molecule is CC(C)(CNC(=O)[C@@H]1C[C@H]1c1ccc(F)c(F)c1)C(=O)O. The van der Waals surface area contributed by atoms with Crippen LogP contribution in [0.25, 0.3) is 0 Å². The molecule has 0 saturated heterocycles. The monoisotopic (exact) mass is 297 g/mol. The van der Waals surface area contributed by atoms with Crippen molar-refractivity contribution in [1.82, 2.24) is 5.32 Å². The number of carboxylic acid groups (broad SMARTS) is 1. The van der Waals surface area contributed by atoms with Gasteiger partial charge in [0.05, 0.1) is 5.41 Å². The van der Waals surface area contributed by atoms with Crippen molar-refractivity contribution < 1.29 is 23.5 Å². The standard InChI is InChI=1S/C15H17F2NO3/c1-15(2,14(20)21)7-18-13(19)10-6-9(10)8-3-4-11(16)12(17)5-8/h3-5,9-10H,6-7H2,1-2H3,(H,18,19)(H,20,21)/t9-,10+/m0/s1. The van der Waals surface area contributed by atoms with Crippen molar-refractivity contribution in [3.63, 3.8) is 0 Å². The largest absolute Gasteiger partial charge is 0.481 e. The Morgan fingerprint density at radius 2 is 2.00 bits per heavy atom. The zero-order chi connectivity index (χ0) is 15.8. The molecule has 0 heterocycles. The molecular formula is C15H17F2NO3. The van der Waals surface area contributed by atoms with Crippen molar-refractivity contribution in [2.24, 2.45) is 11.3 Å². The summed E-state index contributed by atoms with van der Waals surface area (Å²) in [7, 11) is 0. The number of carbonyl (C=O) groups is 2. The highest BCUT2D eigenvalue weighted by Crippen LogP contribution is 2.47. The molecule has 1 amide bonds. The van der Waals surface area contributed by atoms with Gasteiger partial charge in [0, 0.05) is 12.5 Å². The summed E-state index contributed by atoms with van der Waals surface area (Å²) in [5, 5.41) is 11.6. The van der Waals surface area contributed by atoms with Crippen molar-refractivity contribution in [2.75, 3.05) is 6.54 Å². The predicted molar refractivity (Wildman–Crippen MR) is 71.6 cm³/mol. The molecule has 2 rings (SSSR count). The Hall–Kier alpha value is -1.98. The fourth-order valence-electron chi connectivity index (χ4n) is 2.11. The van der Waals surface area contributed by atoms with Gasteiger partial charge in [-0.1, -0.05) is 6.07 Å². The third kappa shape index (κ3) is 3.37. The first kappa shape index (κ1) is 15.4. The van der Waals surface area contributed by atoms with Crippen molar-refractivity contribution in [1.29, 1.82) is 0 Å². The molecule has 1 aliphatic carbocycles. The van der Waals surface area contributed by atoms with Crippen LogP contribution in [-0.2, 0) is 9.59 Å². The molecule has 0 radical (unpaired) electrons. The van der Waals surface area contributed by atoms with E-state index in [2.05, 4.69) is 5.32 Å². The van der Waals surface area contributed by atoms with E-state index < -0.39 is 23.0 Å². The van der Waals surface area contributed by atoms with E-state index in [1.807, 2.05) is 0 Å². The van der Waals surface area contributed by atoms with Crippen molar-refractivity contribution >= 4 is 11.9 Å². The van der Waals surface area contributed by atoms with Crippen LogP contribution in [0.4, 0.5) is 8.78 Å². The Bertz CT molecular complexity index is 586. The summed E-state index contributed by atoms with van der Waals surface area (Å²) < 4.78 is 26.0. The second kappa shape index (κ2) is 5.42. The lowest BCUT2D eigenvalue weighted by atomic mass is 9.94. The van der Waals surface area contributed by atoms with Crippen LogP contribution >= 0.6 is 0 Å². The molecule has 0 spiro atoms. The van der Waals surface area contributed by atoms with Gasteiger partial charge in [0.15, 0.2) is 11.6 Å². The number of carboxylic acids is 1. The van der Waals surface area contributed by atoms with Crippen LogP contribution in [0.2, 0.25) is 0 Å². The normalized spacial score (nSPS) is 21.0. The van der Waals surface area contributed by atoms with Crippen LogP contribution in [-0.4, -0.2) is 23.5 Å². The number of halogens is 2. The maximum atomic E-state index is 13.1. The topological polar surface area (TPSA) is 66.4 Å². The minimum absolute atomic E-state index is 0.0299. The van der Waals surface area contributed by atoms with Crippen molar-refractivity contribution in [2.45, 2.75) is 26.2 Å². The Morgan fingerprint density at radius 3 is 2.57 bits per heavy atom. The molecule has 1 aliphatic rings. The lowest BCUT2D eigenvalue weighted by Gasteiger charge is -2.19. The summed E-state index contributed by atoms with van der Waals surface area (Å²) >= 11 is 0. The first-order valence-corrected chi connectivity index (χ1v) is 6.68. The molecule has 2 atom stereocenters. The van der Waals surface area contributed by atoms with Gasteiger partial charge in [0.25, 0.3) is 0 Å². The zero-order valence-electron chi connectivity index (χ0n) is 11.8. The van der Waals surface area contributed by atoms with Gasteiger partial charge >= 0.3 is 5.97 Å². The van der Waals surface area contributed by atoms with E-state index in [4.69, 9.17) is 5.11 Å². The summed E-state index contributed by atoms with van der Waals surface area (Å²) in [4.78, 5) is 22.9. The molecule has 1 saturated carbocycles. The summed E-state index contributed by atoms with van der Waals surface area (Å²) in [6, 6.07) is 3.62. The maximum absolute atomic E-state index is 13.1. The molecule has 2 N–H and O–H groups in total. The van der Waals surface area contributed by atoms with Crippen LogP contribution in [0.1, 0.15) is 31.7 Å². The van der Waals surface area contributed by atoms with E-state index in [1.54, 1.807) is 0 Å². The minimum atomic E-state index is -1.04. The lowest BCUT2D eigenvalue weighted by Crippen LogP contribution is -2.39. The number of rotatable bonds is 5. The maximum Gasteiger partial charge on any atom is 0.310 e. The van der Waals surface area contributed by atoms with Gasteiger partial charge in [-0.3, -0.25) is 9.59 Å². The molecule has 21 heavy (non-hydrogen) atoms. The second-order valence-electron chi connectivity index (χ2n) is 6.03. The number of nitrogens with one attached hydrogen (secondary N) is 1. The predicted octanol–water partition coefficient (Wildman–Crippen LogP) is 2.30. The van der Waals surface area contributed by atoms with Gasteiger partial charge in [-0.25, -0.2) is 8.78 Å². The molecule has 0 unspecified atom stereocenters. The molecule has 6 heteroatoms. The van der Waals surface area contributed by atoms with E-state index in [0.717, 1.165) is 12.1 Å². The Morgan fingerprint density at radius 1 is 1.33 bits per heavy atom. The molecule has 0 aromatic heterocycles. The fourth-order valence-corrected chi connectivity index (χ4v) is 2.11. The zero-order valence-corrected chi connectivity index (χ0v) is 11.8. The van der Waals surface area contributed by atoms with E-state index in [1.165, 1.54) is 19.9 Å². The number of hydrogen-bond donors (Lipinski definition) is 2. The van der Waals surface area contributed by atoms with Crippen molar-refractivity contribution in [3.05, 3.63) is 35.4 Å². The van der Waals surface area contributed by atoms with Gasteiger partial charge in [-0.2, -0.15) is 0 Å². The molecule has 114 valence electrons. The molecule has 1 aromatic carbocycles. The summed E-state index contributed by atoms with van der Waals surface area (Å²) in [5.74, 6) is -3.52. The second-order valence-corrected chi connectivity index (χ2v) is 6.03. The highest BCUT2D eigenvalue weighted by atomic mass is 19.2. The molecule has 4 nitrogen and oxygen atoms in total. The smallest absolute Gasteiger partial charge is 0.310 e. The third-order valence-corrected chi connectivity index (χ3v) is 3.78. The minimum Gasteiger partial charge on any atom is -0.481 e. The molecule has 1 fully saturated rings. The number of benzene rings is 1. The summed E-state index contributed by atoms with van der Waals surface area (Å²) in [5.41, 5.74) is -0.450. The summed E-state index contributed by atoms with van der Waals surface area (Å²) in [6.45, 7) is 3.08. The average Bonchev–Trinajstić information content (AvgIpc) is 3.19. The fraction of sp³-hybridized carbons (Fsp3) is 0.467. The molecular weight excluding hydrogens is 280 g/mol. The Kier molecular flexibility index (Phi) is 3.98. The van der Waals surface area contributed by atoms with Crippen LogP contribution < -0.4 is 5.32 Å². The van der Waals surface area contributed by atoms with Crippen LogP contribution in [0.3, 0.4) is 0 Å². The molecule has 1 aromatic rings. The number of aliphatic carboxylic acids is 1. The highest BCUT2D eigenvalue weighted by Gasteiger charge is 2.44. The van der Waals surface area contributed by atoms with Gasteiger partial charge in [0.1, 0.15) is 0 Å². The van der Waals surface area contributed by atoms with Gasteiger partial charge in [0.2, 0.25) is 5.91 Å². The van der Waals surface area contributed by atoms with Gasteiger partial charge in [-0.05, 0) is 43.9 Å². The van der Waals surface area contributed by atoms with E-state index in [-0.39, 0.29) is 24.3 Å². The van der Waals surface area contributed by atoms with Gasteiger partial charge in [-0.15, -0.1) is 0 Å². The quantitative estimate of drug-likeness (QED) is 0.876. The lowest BCUT2D eigenvalue weighted by molar-refractivity contribution is -0.146. The van der Waals surface area contributed by atoms with E-state index in [0.29, 0.717) is 12.0 Å². The number of amides is 1. The number of hydrogen-bond acceptors (Lipinski definition) is 2. The van der Waals surface area contributed by atoms with E-state index >= 15 is 0 Å². The van der Waals surface area contributed by atoms with Crippen LogP contribution in [0.5, 0.6) is 0 Å².